The summed E-state index contributed by atoms with van der Waals surface area (Å²) >= 11 is 3.30. The second-order valence-corrected chi connectivity index (χ2v) is 5.56. The molecule has 1 N–H and O–H groups in total. The zero-order chi connectivity index (χ0) is 13.8. The number of nitro groups is 1. The Morgan fingerprint density at radius 2 is 2.37 bits per heavy atom. The van der Waals surface area contributed by atoms with E-state index in [0.717, 1.165) is 25.1 Å². The van der Waals surface area contributed by atoms with E-state index in [-0.39, 0.29) is 10.6 Å². The molecule has 5 nitrogen and oxygen atoms in total. The maximum absolute atomic E-state index is 10.8. The summed E-state index contributed by atoms with van der Waals surface area (Å²) in [6, 6.07) is 5.10. The van der Waals surface area contributed by atoms with E-state index in [9.17, 15) is 10.1 Å². The largest absolute Gasteiger partial charge is 0.378 e. The summed E-state index contributed by atoms with van der Waals surface area (Å²) in [7, 11) is 0. The second-order valence-electron chi connectivity index (χ2n) is 4.76. The summed E-state index contributed by atoms with van der Waals surface area (Å²) in [5.74, 6) is 0.525. The number of hydrogen-bond donors (Lipinski definition) is 1. The average molecular weight is 329 g/mol. The molecular weight excluding hydrogens is 312 g/mol. The van der Waals surface area contributed by atoms with Crippen LogP contribution in [0.3, 0.4) is 0 Å². The first kappa shape index (κ1) is 14.4. The Hall–Kier alpha value is -0.980. The maximum atomic E-state index is 10.8. The second kappa shape index (κ2) is 6.45. The van der Waals surface area contributed by atoms with Crippen molar-refractivity contribution in [2.24, 2.45) is 5.92 Å². The molecule has 0 aromatic heterocycles. The summed E-state index contributed by atoms with van der Waals surface area (Å²) in [6.07, 6.45) is 1.37. The van der Waals surface area contributed by atoms with E-state index in [1.165, 1.54) is 6.07 Å². The zero-order valence-electron chi connectivity index (χ0n) is 10.8. The molecule has 6 heteroatoms. The lowest BCUT2D eigenvalue weighted by molar-refractivity contribution is -0.385. The van der Waals surface area contributed by atoms with Crippen LogP contribution in [0.2, 0.25) is 0 Å². The van der Waals surface area contributed by atoms with Crippen molar-refractivity contribution in [1.29, 1.82) is 0 Å². The molecule has 0 aliphatic carbocycles. The van der Waals surface area contributed by atoms with Crippen molar-refractivity contribution in [3.8, 4) is 0 Å². The summed E-state index contributed by atoms with van der Waals surface area (Å²) in [6.45, 7) is 4.40. The monoisotopic (exact) mass is 328 g/mol. The number of ether oxygens (including phenoxy) is 1. The molecule has 0 spiro atoms. The lowest BCUT2D eigenvalue weighted by Crippen LogP contribution is -2.26. The van der Waals surface area contributed by atoms with Crippen molar-refractivity contribution in [3.05, 3.63) is 38.3 Å². The Labute approximate surface area is 120 Å². The zero-order valence-corrected chi connectivity index (χ0v) is 12.4. The minimum Gasteiger partial charge on any atom is -0.378 e. The van der Waals surface area contributed by atoms with Gasteiger partial charge in [0, 0.05) is 25.8 Å². The van der Waals surface area contributed by atoms with E-state index in [0.29, 0.717) is 23.0 Å². The van der Waals surface area contributed by atoms with Crippen LogP contribution in [0.1, 0.15) is 18.9 Å². The molecular formula is C13H17BrN2O3. The molecule has 0 radical (unpaired) electrons. The molecule has 1 fully saturated rings. The highest BCUT2D eigenvalue weighted by molar-refractivity contribution is 9.10. The van der Waals surface area contributed by atoms with Crippen molar-refractivity contribution in [3.63, 3.8) is 0 Å². The van der Waals surface area contributed by atoms with Crippen LogP contribution in [0.5, 0.6) is 0 Å². The van der Waals surface area contributed by atoms with E-state index in [4.69, 9.17) is 4.74 Å². The molecule has 1 heterocycles. The Morgan fingerprint density at radius 1 is 1.58 bits per heavy atom. The van der Waals surface area contributed by atoms with Crippen LogP contribution in [0.25, 0.3) is 0 Å². The highest BCUT2D eigenvalue weighted by Crippen LogP contribution is 2.28. The first-order valence-corrected chi connectivity index (χ1v) is 7.13. The third-order valence-corrected chi connectivity index (χ3v) is 4.43. The molecule has 2 unspecified atom stereocenters. The van der Waals surface area contributed by atoms with Crippen LogP contribution in [0.4, 0.5) is 5.69 Å². The molecule has 1 saturated heterocycles. The lowest BCUT2D eigenvalue weighted by Gasteiger charge is -2.15. The van der Waals surface area contributed by atoms with Crippen LogP contribution < -0.4 is 5.32 Å². The standard InChI is InChI=1S/C13H17BrN2O3/c1-9-10(5-6-19-9)7-15-8-11-3-2-4-12(13(11)14)16(17)18/h2-4,9-10,15H,5-8H2,1H3. The third kappa shape index (κ3) is 3.52. The van der Waals surface area contributed by atoms with Gasteiger partial charge in [-0.05, 0) is 40.8 Å². The topological polar surface area (TPSA) is 64.4 Å². The van der Waals surface area contributed by atoms with Gasteiger partial charge < -0.3 is 10.1 Å². The molecule has 0 saturated carbocycles. The number of rotatable bonds is 5. The van der Waals surface area contributed by atoms with Crippen LogP contribution in [0.15, 0.2) is 22.7 Å². The third-order valence-electron chi connectivity index (χ3n) is 3.51. The van der Waals surface area contributed by atoms with Gasteiger partial charge in [-0.15, -0.1) is 0 Å². The Kier molecular flexibility index (Phi) is 4.90. The normalized spacial score (nSPS) is 22.6. The van der Waals surface area contributed by atoms with E-state index in [1.807, 2.05) is 6.07 Å². The number of halogens is 1. The van der Waals surface area contributed by atoms with E-state index in [2.05, 4.69) is 28.2 Å². The van der Waals surface area contributed by atoms with E-state index >= 15 is 0 Å². The van der Waals surface area contributed by atoms with Crippen molar-refractivity contribution >= 4 is 21.6 Å². The van der Waals surface area contributed by atoms with Gasteiger partial charge in [-0.2, -0.15) is 0 Å². The van der Waals surface area contributed by atoms with Crippen molar-refractivity contribution in [2.75, 3.05) is 13.2 Å². The maximum Gasteiger partial charge on any atom is 0.283 e. The van der Waals surface area contributed by atoms with Gasteiger partial charge in [-0.3, -0.25) is 10.1 Å². The first-order chi connectivity index (χ1) is 9.09. The molecule has 1 aliphatic heterocycles. The molecule has 1 aliphatic rings. The van der Waals surface area contributed by atoms with Crippen molar-refractivity contribution in [1.82, 2.24) is 5.32 Å². The lowest BCUT2D eigenvalue weighted by atomic mass is 10.0. The number of benzene rings is 1. The van der Waals surface area contributed by atoms with Crippen LogP contribution in [0, 0.1) is 16.0 Å². The van der Waals surface area contributed by atoms with E-state index < -0.39 is 0 Å². The number of nitrogens with zero attached hydrogens (tertiary/aromatic N) is 1. The summed E-state index contributed by atoms with van der Waals surface area (Å²) in [5.41, 5.74) is 1.01. The average Bonchev–Trinajstić information content (AvgIpc) is 2.77. The number of nitro benzene ring substituents is 1. The van der Waals surface area contributed by atoms with Gasteiger partial charge in [-0.25, -0.2) is 0 Å². The van der Waals surface area contributed by atoms with Crippen LogP contribution >= 0.6 is 15.9 Å². The van der Waals surface area contributed by atoms with Gasteiger partial charge in [0.25, 0.3) is 5.69 Å². The van der Waals surface area contributed by atoms with Gasteiger partial charge in [0.2, 0.25) is 0 Å². The summed E-state index contributed by atoms with van der Waals surface area (Å²) < 4.78 is 6.06. The summed E-state index contributed by atoms with van der Waals surface area (Å²) in [5, 5.41) is 14.2. The fraction of sp³-hybridized carbons (Fsp3) is 0.538. The molecule has 104 valence electrons. The molecule has 19 heavy (non-hydrogen) atoms. The minimum absolute atomic E-state index is 0.108. The minimum atomic E-state index is -0.375. The molecule has 2 rings (SSSR count). The number of hydrogen-bond acceptors (Lipinski definition) is 4. The SMILES string of the molecule is CC1OCCC1CNCc1cccc([N+](=O)[O-])c1Br. The summed E-state index contributed by atoms with van der Waals surface area (Å²) in [4.78, 5) is 10.5. The van der Waals surface area contributed by atoms with Crippen LogP contribution in [-0.4, -0.2) is 24.2 Å². The highest BCUT2D eigenvalue weighted by Gasteiger charge is 2.23. The quantitative estimate of drug-likeness (QED) is 0.666. The molecule has 1 aromatic carbocycles. The first-order valence-electron chi connectivity index (χ1n) is 6.33. The highest BCUT2D eigenvalue weighted by atomic mass is 79.9. The molecule has 1 aromatic rings. The van der Waals surface area contributed by atoms with Gasteiger partial charge in [0.1, 0.15) is 0 Å². The predicted molar refractivity (Wildman–Crippen MR) is 76.0 cm³/mol. The van der Waals surface area contributed by atoms with Gasteiger partial charge in [0.05, 0.1) is 15.5 Å². The molecule has 2 atom stereocenters. The number of nitrogens with one attached hydrogen (secondary N) is 1. The Bertz CT molecular complexity index is 467. The Morgan fingerprint density at radius 3 is 3.00 bits per heavy atom. The van der Waals surface area contributed by atoms with Gasteiger partial charge in [-0.1, -0.05) is 12.1 Å². The molecule has 0 bridgehead atoms. The smallest absolute Gasteiger partial charge is 0.283 e. The van der Waals surface area contributed by atoms with Crippen LogP contribution in [-0.2, 0) is 11.3 Å². The van der Waals surface area contributed by atoms with Gasteiger partial charge >= 0.3 is 0 Å². The van der Waals surface area contributed by atoms with Crippen molar-refractivity contribution in [2.45, 2.75) is 26.0 Å². The fourth-order valence-electron chi connectivity index (χ4n) is 2.28. The molecule has 0 amide bonds. The Balaban J connectivity index is 1.92. The van der Waals surface area contributed by atoms with Gasteiger partial charge in [0.15, 0.2) is 0 Å². The fourth-order valence-corrected chi connectivity index (χ4v) is 2.83. The van der Waals surface area contributed by atoms with Crippen molar-refractivity contribution < 1.29 is 9.66 Å². The predicted octanol–water partition coefficient (Wildman–Crippen LogP) is 2.87. The van der Waals surface area contributed by atoms with E-state index in [1.54, 1.807) is 6.07 Å².